The number of imidazole rings is 1. The van der Waals surface area contributed by atoms with Crippen LogP contribution in [0.3, 0.4) is 0 Å². The fraction of sp³-hybridized carbons (Fsp3) is 0.137. The fourth-order valence-electron chi connectivity index (χ4n) is 8.44. The maximum absolute atomic E-state index is 5.25. The summed E-state index contributed by atoms with van der Waals surface area (Å²) in [5.74, 6) is 0. The Bertz CT molecular complexity index is 2680. The third-order valence-electron chi connectivity index (χ3n) is 11.5. The van der Waals surface area contributed by atoms with E-state index >= 15 is 0 Å². The van der Waals surface area contributed by atoms with E-state index in [0.29, 0.717) is 5.66 Å². The molecule has 0 spiro atoms. The van der Waals surface area contributed by atoms with Crippen LogP contribution in [-0.2, 0) is 12.8 Å². The predicted octanol–water partition coefficient (Wildman–Crippen LogP) is 10.2. The van der Waals surface area contributed by atoms with Gasteiger partial charge in [-0.15, -0.1) is 0 Å². The van der Waals surface area contributed by atoms with Crippen molar-refractivity contribution in [2.24, 2.45) is 0 Å². The van der Waals surface area contributed by atoms with Gasteiger partial charge in [0.05, 0.1) is 18.2 Å². The molecule has 1 unspecified atom stereocenters. The number of halogens is 3. The second-order valence-electron chi connectivity index (χ2n) is 15.6. The van der Waals surface area contributed by atoms with E-state index in [-0.39, 0.29) is 6.39 Å². The first kappa shape index (κ1) is 52.7. The van der Waals surface area contributed by atoms with Crippen molar-refractivity contribution in [3.8, 4) is 0 Å². The molecule has 1 aromatic heterocycles. The van der Waals surface area contributed by atoms with Gasteiger partial charge in [-0.3, -0.25) is 0 Å². The number of nitrogens with one attached hydrogen (secondary N) is 1. The van der Waals surface area contributed by atoms with Crippen molar-refractivity contribution in [1.82, 2.24) is 9.97 Å². The Balaban J connectivity index is 0.000000195. The Hall–Kier alpha value is -4.30. The molecule has 1 heterocycles. The number of allylic oxidation sites excluding steroid dienone is 1. The van der Waals surface area contributed by atoms with E-state index in [1.807, 2.05) is 6.20 Å². The van der Waals surface area contributed by atoms with E-state index in [9.17, 15) is 0 Å². The molecule has 6 aromatic rings. The minimum absolute atomic E-state index is 0.315. The maximum atomic E-state index is 5.25. The summed E-state index contributed by atoms with van der Waals surface area (Å²) in [7, 11) is 27.5. The first-order valence-electron chi connectivity index (χ1n) is 21.5. The molecule has 8 rings (SSSR count). The normalized spacial score (nSPS) is 14.1. The second-order valence-corrected chi connectivity index (χ2v) is 26.1. The Kier molecular flexibility index (Phi) is 21.0. The number of aromatic nitrogens is 2. The summed E-state index contributed by atoms with van der Waals surface area (Å²) in [5.41, 5.74) is 25.6. The number of aromatic amines is 1. The number of fused-ring (bicyclic) bond motifs is 2. The second kappa shape index (κ2) is 26.3. The summed E-state index contributed by atoms with van der Waals surface area (Å²) in [4.78, 5) is 7.18. The van der Waals surface area contributed by atoms with Gasteiger partial charge in [0, 0.05) is 69.4 Å². The van der Waals surface area contributed by atoms with Gasteiger partial charge in [0.2, 0.25) is 0 Å². The Morgan fingerprint density at radius 3 is 1.64 bits per heavy atom. The maximum Gasteiger partial charge on any atom is 0 e. The summed E-state index contributed by atoms with van der Waals surface area (Å²) in [6, 6.07) is 46.9. The van der Waals surface area contributed by atoms with Gasteiger partial charge >= 0.3 is 202 Å². The van der Waals surface area contributed by atoms with E-state index < -0.39 is 18.1 Å². The van der Waals surface area contributed by atoms with Gasteiger partial charge in [-0.25, -0.2) is 4.98 Å². The van der Waals surface area contributed by atoms with Crippen molar-refractivity contribution >= 4 is 145 Å². The molecule has 5 aromatic carbocycles. The third-order valence-corrected chi connectivity index (χ3v) is 23.2. The molecule has 0 saturated heterocycles. The molecule has 309 valence electrons. The average molecular weight is 1050 g/mol. The van der Waals surface area contributed by atoms with Crippen LogP contribution in [0.2, 0.25) is 0 Å². The van der Waals surface area contributed by atoms with E-state index in [1.54, 1.807) is 6.33 Å². The molecule has 0 aliphatic heterocycles. The molecule has 0 saturated carbocycles. The van der Waals surface area contributed by atoms with Crippen LogP contribution in [0.4, 0.5) is 0 Å². The van der Waals surface area contributed by atoms with Gasteiger partial charge in [0.15, 0.2) is 0 Å². The standard InChI is InChI=1S/C28H25Br2P.C14H13BrN2.C9H4.B9/c29-23-20-19-22-11-10-18-28(27(22)21-23)31(30,24-12-4-1-5-13-24,25-14-6-2-7-15-25)26-16-8-3-9-17-26;15-12-5-4-10-2-1-3-11(14(10)7-12)6-13-8-16-9-17-13;1-3-5-7-9-8-6-4-2;1-6-9(7(2)3)8(4)5/h1-9,12-17,19-21,28H,10-11,18H2;4-9H,1-3H2,(H,16,17);1-2H2;. The van der Waals surface area contributed by atoms with Crippen LogP contribution >= 0.6 is 52.7 Å². The van der Waals surface area contributed by atoms with E-state index in [2.05, 4.69) is 244 Å². The summed E-state index contributed by atoms with van der Waals surface area (Å²) >= 11 is 12.0. The molecule has 66 heavy (non-hydrogen) atoms. The van der Waals surface area contributed by atoms with Gasteiger partial charge in [-0.1, -0.05) is 33.5 Å². The Labute approximate surface area is 425 Å². The van der Waals surface area contributed by atoms with Crippen LogP contribution in [0.1, 0.15) is 59.3 Å². The van der Waals surface area contributed by atoms with Gasteiger partial charge in [-0.2, -0.15) is 0 Å². The molecular formula is C51H42B9Br3N2P. The Morgan fingerprint density at radius 1 is 0.667 bits per heavy atom. The van der Waals surface area contributed by atoms with Gasteiger partial charge < -0.3 is 4.98 Å². The number of hydrogen-bond donors (Lipinski definition) is 1. The van der Waals surface area contributed by atoms with Crippen molar-refractivity contribution in [2.45, 2.75) is 44.2 Å². The smallest absolute Gasteiger partial charge is 0 e. The molecular weight excluding hydrogens is 1010 g/mol. The summed E-state index contributed by atoms with van der Waals surface area (Å²) < 4.78 is 2.30. The minimum atomic E-state index is -3.03. The molecule has 0 bridgehead atoms. The van der Waals surface area contributed by atoms with Gasteiger partial charge in [-0.05, 0) is 96.0 Å². The predicted molar refractivity (Wildman–Crippen MR) is 305 cm³/mol. The van der Waals surface area contributed by atoms with Crippen LogP contribution < -0.4 is 15.9 Å². The van der Waals surface area contributed by atoms with Crippen molar-refractivity contribution in [1.29, 1.82) is 0 Å². The number of H-pyrrole nitrogens is 1. The molecule has 0 fully saturated rings. The SMILES string of the molecule is Brc1ccc2c(c1)C(=Cc1cnc[nH]1)CCC2.Brc1ccc2c(c1)C(P(Br)(c1ccccc1)(c1ccccc1)c1ccccc1)CCC2.C=C=C=C=C=C=C=C=C.[B][B]B(B([B])[B])B([B])[B]. The quantitative estimate of drug-likeness (QED) is 0.0919. The molecule has 1 N–H and O–H groups in total. The molecule has 0 amide bonds. The largest absolute Gasteiger partial charge is 0.0687 e. The van der Waals surface area contributed by atoms with Gasteiger partial charge in [0.25, 0.3) is 0 Å². The third kappa shape index (κ3) is 13.2. The zero-order valence-electron chi connectivity index (χ0n) is 36.8. The van der Waals surface area contributed by atoms with E-state index in [4.69, 9.17) is 38.7 Å². The summed E-state index contributed by atoms with van der Waals surface area (Å²) in [5, 5.41) is 1.15. The van der Waals surface area contributed by atoms with Crippen LogP contribution in [0.15, 0.2) is 202 Å². The van der Waals surface area contributed by atoms with Crippen LogP contribution in [0.25, 0.3) is 11.6 Å². The zero-order valence-corrected chi connectivity index (χ0v) is 42.5. The van der Waals surface area contributed by atoms with Crippen molar-refractivity contribution < 1.29 is 0 Å². The topological polar surface area (TPSA) is 28.7 Å². The summed E-state index contributed by atoms with van der Waals surface area (Å²) in [6.45, 7) is 6.53. The van der Waals surface area contributed by atoms with Crippen LogP contribution in [-0.4, -0.2) is 74.9 Å². The number of nitrogens with zero attached hydrogens (tertiary/aromatic N) is 1. The molecule has 11 radical (unpaired) electrons. The number of aryl methyl sites for hydroxylation is 2. The van der Waals surface area contributed by atoms with Gasteiger partial charge in [0.1, 0.15) is 0 Å². The summed E-state index contributed by atoms with van der Waals surface area (Å²) in [6.07, 6.45) is 11.4. The molecule has 15 heteroatoms. The molecule has 2 nitrogen and oxygen atoms in total. The van der Waals surface area contributed by atoms with Crippen molar-refractivity contribution in [3.63, 3.8) is 0 Å². The Morgan fingerprint density at radius 2 is 1.17 bits per heavy atom. The first-order chi connectivity index (χ1) is 32.0. The zero-order chi connectivity index (χ0) is 47.4. The number of hydrogen-bond acceptors (Lipinski definition) is 1. The van der Waals surface area contributed by atoms with Crippen molar-refractivity contribution in [2.75, 3.05) is 0 Å². The monoisotopic (exact) mass is 1050 g/mol. The fourth-order valence-corrected chi connectivity index (χ4v) is 18.3. The van der Waals surface area contributed by atoms with Crippen LogP contribution in [0.5, 0.6) is 0 Å². The number of rotatable bonds is 8. The van der Waals surface area contributed by atoms with Crippen molar-refractivity contribution in [3.05, 3.63) is 230 Å². The molecule has 2 aliphatic rings. The molecule has 1 atom stereocenters. The molecule has 2 aliphatic carbocycles. The first-order valence-corrected chi connectivity index (χ1v) is 27.4. The van der Waals surface area contributed by atoms with E-state index in [1.165, 1.54) is 70.1 Å². The minimum Gasteiger partial charge on any atom is -0.0687 e. The number of benzene rings is 5. The average Bonchev–Trinajstić information content (AvgIpc) is 3.86. The van der Waals surface area contributed by atoms with E-state index in [0.717, 1.165) is 33.9 Å². The van der Waals surface area contributed by atoms with Crippen LogP contribution in [0, 0.1) is 0 Å².